The Kier molecular flexibility index (Phi) is 12.5. The van der Waals surface area contributed by atoms with Gasteiger partial charge in [0.15, 0.2) is 0 Å². The summed E-state index contributed by atoms with van der Waals surface area (Å²) in [5, 5.41) is 2.14. The number of hydrogen-bond donors (Lipinski definition) is 0. The molecule has 0 amide bonds. The van der Waals surface area contributed by atoms with E-state index in [-0.39, 0.29) is 31.9 Å². The topological polar surface area (TPSA) is 43.9 Å². The molecule has 5 heteroatoms. The predicted molar refractivity (Wildman–Crippen MR) is 266 cm³/mol. The van der Waals surface area contributed by atoms with Gasteiger partial charge in [0.25, 0.3) is 0 Å². The first-order valence-corrected chi connectivity index (χ1v) is 22.0. The summed E-state index contributed by atoms with van der Waals surface area (Å²) in [5.41, 5.74) is 17.4. The van der Waals surface area contributed by atoms with Crippen molar-refractivity contribution in [2.75, 3.05) is 0 Å². The number of imidazole rings is 1. The molecule has 0 unspecified atom stereocenters. The zero-order valence-corrected chi connectivity index (χ0v) is 39.2. The third kappa shape index (κ3) is 8.61. The Hall–Kier alpha value is -7.17. The molecule has 0 aliphatic heterocycles. The second-order valence-corrected chi connectivity index (χ2v) is 16.8. The van der Waals surface area contributed by atoms with E-state index in [9.17, 15) is 0 Å². The Morgan fingerprint density at radius 2 is 1.11 bits per heavy atom. The molecular formula is C60H47IrN3O-2. The Balaban J connectivity index is 0.000000355. The summed E-state index contributed by atoms with van der Waals surface area (Å²) in [6, 6.07) is 74.2. The van der Waals surface area contributed by atoms with Crippen LogP contribution in [0.5, 0.6) is 0 Å². The minimum Gasteiger partial charge on any atom is -0.501 e. The maximum absolute atomic E-state index is 6.78. The molecular weight excluding hydrogens is 971 g/mol. The predicted octanol–water partition coefficient (Wildman–Crippen LogP) is 16.2. The van der Waals surface area contributed by atoms with Gasteiger partial charge in [0, 0.05) is 37.4 Å². The third-order valence-corrected chi connectivity index (χ3v) is 11.9. The minimum absolute atomic E-state index is 0. The summed E-state index contributed by atoms with van der Waals surface area (Å²) in [5.74, 6) is 1.35. The fourth-order valence-electron chi connectivity index (χ4n) is 8.68. The number of fused-ring (bicyclic) bond motifs is 4. The number of hydrogen-bond acceptors (Lipinski definition) is 3. The zero-order valence-electron chi connectivity index (χ0n) is 36.8. The SMILES string of the molecule is CC(C)c1cc(-c2ccc(-c3ccccc3)cc2)cc(C(C)C)c1-n1c(-c2[c-]ccc3c2oc2cc(-c4ccccc4)ccc23)nc2ccccc21.[Ir].[c-]1ccccc1-c1ccccn1. The first-order chi connectivity index (χ1) is 31.4. The van der Waals surface area contributed by atoms with E-state index in [1.807, 2.05) is 54.6 Å². The molecule has 11 aromatic rings. The molecule has 0 fully saturated rings. The minimum atomic E-state index is 0. The molecule has 0 aliphatic carbocycles. The van der Waals surface area contributed by atoms with E-state index in [4.69, 9.17) is 9.40 Å². The first kappa shape index (κ1) is 43.1. The quantitative estimate of drug-likeness (QED) is 0.142. The molecule has 0 saturated carbocycles. The first-order valence-electron chi connectivity index (χ1n) is 22.0. The van der Waals surface area contributed by atoms with Crippen molar-refractivity contribution in [3.8, 4) is 61.7 Å². The Morgan fingerprint density at radius 1 is 0.508 bits per heavy atom. The van der Waals surface area contributed by atoms with Gasteiger partial charge < -0.3 is 14.0 Å². The molecule has 0 aliphatic rings. The van der Waals surface area contributed by atoms with Crippen molar-refractivity contribution in [3.63, 3.8) is 0 Å². The van der Waals surface area contributed by atoms with E-state index < -0.39 is 0 Å². The summed E-state index contributed by atoms with van der Waals surface area (Å²) in [6.07, 6.45) is 1.79. The van der Waals surface area contributed by atoms with Crippen LogP contribution in [0.1, 0.15) is 50.7 Å². The second-order valence-electron chi connectivity index (χ2n) is 16.8. The number of para-hydroxylation sites is 2. The summed E-state index contributed by atoms with van der Waals surface area (Å²) in [4.78, 5) is 9.55. The van der Waals surface area contributed by atoms with Crippen molar-refractivity contribution < 1.29 is 24.5 Å². The van der Waals surface area contributed by atoms with Gasteiger partial charge in [-0.3, -0.25) is 4.98 Å². The molecule has 1 radical (unpaired) electrons. The van der Waals surface area contributed by atoms with Gasteiger partial charge in [-0.15, -0.1) is 54.1 Å². The number of furan rings is 1. The molecule has 3 heterocycles. The molecule has 0 bridgehead atoms. The Morgan fingerprint density at radius 3 is 1.75 bits per heavy atom. The van der Waals surface area contributed by atoms with Crippen molar-refractivity contribution in [2.45, 2.75) is 39.5 Å². The molecule has 0 saturated heterocycles. The van der Waals surface area contributed by atoms with Crippen molar-refractivity contribution >= 4 is 33.0 Å². The molecule has 65 heavy (non-hydrogen) atoms. The Labute approximate surface area is 394 Å². The van der Waals surface area contributed by atoms with Crippen LogP contribution in [0.4, 0.5) is 0 Å². The second kappa shape index (κ2) is 18.9. The fraction of sp³-hybridized carbons (Fsp3) is 0.100. The van der Waals surface area contributed by atoms with Crippen LogP contribution in [-0.4, -0.2) is 14.5 Å². The van der Waals surface area contributed by atoms with Gasteiger partial charge in [0.05, 0.1) is 22.4 Å². The van der Waals surface area contributed by atoms with E-state index in [2.05, 4.69) is 189 Å². The molecule has 319 valence electrons. The zero-order chi connectivity index (χ0) is 43.6. The van der Waals surface area contributed by atoms with Gasteiger partial charge in [-0.05, 0) is 98.4 Å². The van der Waals surface area contributed by atoms with Gasteiger partial charge in [0.1, 0.15) is 5.58 Å². The van der Waals surface area contributed by atoms with E-state index in [0.29, 0.717) is 0 Å². The number of nitrogens with zero attached hydrogens (tertiary/aromatic N) is 3. The molecule has 0 spiro atoms. The fourth-order valence-corrected chi connectivity index (χ4v) is 8.68. The summed E-state index contributed by atoms with van der Waals surface area (Å²) in [6.45, 7) is 9.17. The monoisotopic (exact) mass is 1020 g/mol. The third-order valence-electron chi connectivity index (χ3n) is 11.9. The summed E-state index contributed by atoms with van der Waals surface area (Å²) >= 11 is 0. The average molecular weight is 1020 g/mol. The van der Waals surface area contributed by atoms with E-state index in [1.54, 1.807) is 6.20 Å². The van der Waals surface area contributed by atoms with Crippen LogP contribution in [-0.2, 0) is 20.1 Å². The van der Waals surface area contributed by atoms with Gasteiger partial charge in [-0.25, -0.2) is 0 Å². The van der Waals surface area contributed by atoms with Gasteiger partial charge in [0.2, 0.25) is 0 Å². The number of aromatic nitrogens is 3. The van der Waals surface area contributed by atoms with Crippen LogP contribution in [0, 0.1) is 12.1 Å². The van der Waals surface area contributed by atoms with Crippen LogP contribution >= 0.6 is 0 Å². The number of benzene rings is 8. The maximum Gasteiger partial charge on any atom is 0.121 e. The van der Waals surface area contributed by atoms with Gasteiger partial charge >= 0.3 is 0 Å². The van der Waals surface area contributed by atoms with Crippen LogP contribution in [0.3, 0.4) is 0 Å². The van der Waals surface area contributed by atoms with Gasteiger partial charge in [-0.2, -0.15) is 0 Å². The smallest absolute Gasteiger partial charge is 0.121 e. The van der Waals surface area contributed by atoms with E-state index in [0.717, 1.165) is 66.7 Å². The van der Waals surface area contributed by atoms with Gasteiger partial charge in [-0.1, -0.05) is 160 Å². The average Bonchev–Trinajstić information content (AvgIpc) is 3.93. The van der Waals surface area contributed by atoms with Crippen LogP contribution in [0.25, 0.3) is 94.7 Å². The van der Waals surface area contributed by atoms with Crippen LogP contribution in [0.2, 0.25) is 0 Å². The number of rotatable bonds is 8. The van der Waals surface area contributed by atoms with E-state index >= 15 is 0 Å². The Bertz CT molecular complexity index is 3290. The summed E-state index contributed by atoms with van der Waals surface area (Å²) in [7, 11) is 0. The van der Waals surface area contributed by atoms with Crippen molar-refractivity contribution in [1.82, 2.24) is 14.5 Å². The van der Waals surface area contributed by atoms with Crippen LogP contribution in [0.15, 0.2) is 205 Å². The van der Waals surface area contributed by atoms with Crippen molar-refractivity contribution in [2.24, 2.45) is 0 Å². The van der Waals surface area contributed by atoms with Crippen molar-refractivity contribution in [3.05, 3.63) is 224 Å². The van der Waals surface area contributed by atoms with Crippen molar-refractivity contribution in [1.29, 1.82) is 0 Å². The molecule has 0 atom stereocenters. The molecule has 11 rings (SSSR count). The molecule has 8 aromatic carbocycles. The molecule has 3 aromatic heterocycles. The largest absolute Gasteiger partial charge is 0.501 e. The maximum atomic E-state index is 6.78. The molecule has 4 nitrogen and oxygen atoms in total. The summed E-state index contributed by atoms with van der Waals surface area (Å²) < 4.78 is 9.15. The van der Waals surface area contributed by atoms with E-state index in [1.165, 1.54) is 39.1 Å². The number of pyridine rings is 1. The standard InChI is InChI=1S/C49H39N2O.C11H8N.Ir/c1-31(2)42-28-38(36-24-22-35(23-25-36)33-14-7-5-8-15-33)29-43(32(3)4)47(42)51-45-21-12-11-20-44(45)50-49(51)41-19-13-18-40-39-27-26-37(30-46(39)52-48(40)41)34-16-9-6-10-17-34;1-2-6-10(7-3-1)11-8-4-5-9-12-11;/h5-18,20-32H,1-4H3;1-6,8-9H;/q2*-1;. The van der Waals surface area contributed by atoms with Crippen LogP contribution < -0.4 is 0 Å². The molecule has 0 N–H and O–H groups in total. The normalized spacial score (nSPS) is 11.2.